The summed E-state index contributed by atoms with van der Waals surface area (Å²) in [6, 6.07) is 37.1. The van der Waals surface area contributed by atoms with Crippen molar-refractivity contribution >= 4 is 87.0 Å². The summed E-state index contributed by atoms with van der Waals surface area (Å²) in [5.41, 5.74) is 8.52. The van der Waals surface area contributed by atoms with Gasteiger partial charge >= 0.3 is 40.2 Å². The minimum atomic E-state index is -4.68. The normalized spacial score (nSPS) is 15.5. The molecule has 3 aliphatic rings. The Morgan fingerprint density at radius 1 is 0.769 bits per heavy atom. The van der Waals surface area contributed by atoms with Gasteiger partial charge in [0, 0.05) is 77.7 Å². The number of carbonyl (C=O) groups is 2. The van der Waals surface area contributed by atoms with Crippen LogP contribution in [0.2, 0.25) is 0 Å². The van der Waals surface area contributed by atoms with Gasteiger partial charge in [-0.05, 0) is 104 Å². The van der Waals surface area contributed by atoms with Crippen LogP contribution in [0.5, 0.6) is 0 Å². The molecule has 3 heterocycles. The van der Waals surface area contributed by atoms with Gasteiger partial charge in [-0.3, -0.25) is 9.59 Å². The molecule has 0 fully saturated rings. The Balaban J connectivity index is 0.00000171. The number of anilines is 2. The molecule has 2 amide bonds. The van der Waals surface area contributed by atoms with Crippen LogP contribution < -0.4 is 44.7 Å². The molecule has 1 N–H and O–H groups in total. The van der Waals surface area contributed by atoms with Crippen molar-refractivity contribution in [3.05, 3.63) is 167 Å². The first-order valence-corrected chi connectivity index (χ1v) is 29.3. The molecule has 0 bridgehead atoms. The van der Waals surface area contributed by atoms with Crippen molar-refractivity contribution in [1.29, 1.82) is 0 Å². The fourth-order valence-corrected chi connectivity index (χ4v) is 12.0. The maximum absolute atomic E-state index is 13.7. The molecule has 19 heteroatoms. The van der Waals surface area contributed by atoms with Crippen LogP contribution in [-0.4, -0.2) is 86.1 Å². The molecule has 3 aliphatic heterocycles. The Morgan fingerprint density at radius 3 is 2.21 bits per heavy atom. The van der Waals surface area contributed by atoms with Gasteiger partial charge < -0.3 is 24.2 Å². The van der Waals surface area contributed by atoms with Crippen molar-refractivity contribution in [1.82, 2.24) is 5.32 Å². The molecule has 0 atom stereocenters. The number of hydrogen-bond acceptors (Lipinski definition) is 12. The van der Waals surface area contributed by atoms with Gasteiger partial charge in [0.1, 0.15) is 16.7 Å². The number of nitrogens with zero attached hydrogens (tertiary/aromatic N) is 3. The first-order chi connectivity index (χ1) is 36.6. The van der Waals surface area contributed by atoms with Crippen LogP contribution in [0.25, 0.3) is 21.5 Å². The number of nitrogens with one attached hydrogen (secondary N) is 1. The number of fused-ring (bicyclic) bond motifs is 8. The van der Waals surface area contributed by atoms with Gasteiger partial charge in [-0.2, -0.15) is 28.8 Å². The maximum atomic E-state index is 13.7. The van der Waals surface area contributed by atoms with Crippen molar-refractivity contribution in [3.8, 4) is 11.8 Å². The van der Waals surface area contributed by atoms with Gasteiger partial charge in [-0.25, -0.2) is 16.8 Å². The summed E-state index contributed by atoms with van der Waals surface area (Å²) in [5, 5.41) is 6.62. The van der Waals surface area contributed by atoms with E-state index >= 15 is 0 Å². The van der Waals surface area contributed by atoms with Crippen LogP contribution in [0.4, 0.5) is 17.1 Å². The Kier molecular flexibility index (Phi) is 18.9. The molecule has 400 valence electrons. The predicted octanol–water partition coefficient (Wildman–Crippen LogP) is 5.65. The number of para-hydroxylation sites is 1. The third kappa shape index (κ3) is 13.4. The zero-order chi connectivity index (χ0) is 55.3. The minimum absolute atomic E-state index is 0. The van der Waals surface area contributed by atoms with Crippen molar-refractivity contribution < 1.29 is 82.3 Å². The zero-order valence-electron chi connectivity index (χ0n) is 44.2. The molecule has 6 aromatic rings. The molecule has 15 nitrogen and oxygen atoms in total. The molecule has 0 aliphatic carbocycles. The van der Waals surface area contributed by atoms with E-state index in [2.05, 4.69) is 96.8 Å². The Hall–Kier alpha value is -6.27. The molecular weight excluding hydrogens is 1060 g/mol. The second-order valence-electron chi connectivity index (χ2n) is 20.2. The van der Waals surface area contributed by atoms with Crippen LogP contribution in [0.15, 0.2) is 138 Å². The number of hydrogen-bond donors (Lipinski definition) is 1. The van der Waals surface area contributed by atoms with E-state index < -0.39 is 47.4 Å². The number of carbonyl (C=O) groups excluding carboxylic acids is 2. The SMILES string of the molecule is CC1(C)C(=CC=CC2=[N+](CCCCS(=O)(=O)[O-])c3ccc4c[c-]ccc4c3C2(C)C)N(CCCCCC(=O)NCCC(=O)N2Cc3ccccc3C#Cc3ccccc32)c2ccc3cc(S(=O)(=O)[O-])ccc3c21.O=S(=O)=O.[Na+]. The molecule has 9 rings (SSSR count). The third-order valence-electron chi connectivity index (χ3n) is 14.4. The van der Waals surface area contributed by atoms with E-state index in [9.17, 15) is 35.5 Å². The van der Waals surface area contributed by atoms with Crippen molar-refractivity contribution in [2.45, 2.75) is 94.9 Å². The van der Waals surface area contributed by atoms with Gasteiger partial charge in [0.05, 0.1) is 32.7 Å². The van der Waals surface area contributed by atoms with Crippen molar-refractivity contribution in [2.24, 2.45) is 0 Å². The maximum Gasteiger partial charge on any atom is 1.00 e. The second kappa shape index (κ2) is 24.8. The summed E-state index contributed by atoms with van der Waals surface area (Å²) in [4.78, 5) is 30.6. The van der Waals surface area contributed by atoms with Gasteiger partial charge in [-0.1, -0.05) is 80.6 Å². The fraction of sp³-hybridized carbons (Fsp3) is 0.305. The molecule has 0 spiro atoms. The topological polar surface area (TPSA) is 221 Å². The van der Waals surface area contributed by atoms with E-state index in [4.69, 9.17) is 12.6 Å². The Bertz CT molecular complexity index is 3840. The molecule has 0 saturated heterocycles. The van der Waals surface area contributed by atoms with Crippen LogP contribution >= 0.6 is 0 Å². The zero-order valence-corrected chi connectivity index (χ0v) is 48.6. The molecule has 0 unspecified atom stereocenters. The monoisotopic (exact) mass is 1120 g/mol. The summed E-state index contributed by atoms with van der Waals surface area (Å²) in [6.07, 6.45) is 9.63. The Labute approximate surface area is 480 Å². The summed E-state index contributed by atoms with van der Waals surface area (Å²) in [6.45, 7) is 10.4. The van der Waals surface area contributed by atoms with Crippen molar-refractivity contribution in [2.75, 3.05) is 35.2 Å². The largest absolute Gasteiger partial charge is 1.00 e. The smallest absolute Gasteiger partial charge is 0.748 e. The first-order valence-electron chi connectivity index (χ1n) is 25.3. The number of amides is 2. The molecular formula is C59H58N4NaO11S3-. The van der Waals surface area contributed by atoms with Crippen LogP contribution in [0, 0.1) is 17.9 Å². The second-order valence-corrected chi connectivity index (χ2v) is 23.6. The van der Waals surface area contributed by atoms with Gasteiger partial charge in [0.2, 0.25) is 17.5 Å². The number of unbranched alkanes of at least 4 members (excludes halogenated alkanes) is 3. The van der Waals surface area contributed by atoms with Gasteiger partial charge in [0.25, 0.3) is 0 Å². The van der Waals surface area contributed by atoms with E-state index in [1.807, 2.05) is 72.8 Å². The number of rotatable bonds is 17. The molecule has 6 aromatic carbocycles. The van der Waals surface area contributed by atoms with Gasteiger partial charge in [-0.15, -0.1) is 29.5 Å². The van der Waals surface area contributed by atoms with E-state index in [1.54, 1.807) is 11.0 Å². The van der Waals surface area contributed by atoms with E-state index in [0.717, 1.165) is 85.3 Å². The minimum Gasteiger partial charge on any atom is -0.748 e. The predicted molar refractivity (Wildman–Crippen MR) is 295 cm³/mol. The van der Waals surface area contributed by atoms with E-state index in [1.165, 1.54) is 12.1 Å². The molecule has 78 heavy (non-hydrogen) atoms. The van der Waals surface area contributed by atoms with Crippen LogP contribution in [-0.2, 0) is 57.8 Å². The average molecular weight is 1120 g/mol. The van der Waals surface area contributed by atoms with Crippen LogP contribution in [0.1, 0.15) is 100 Å². The number of allylic oxidation sites excluding steroid dienone is 4. The molecule has 0 saturated carbocycles. The van der Waals surface area contributed by atoms with Crippen molar-refractivity contribution in [3.63, 3.8) is 0 Å². The fourth-order valence-electron chi connectivity index (χ4n) is 10.9. The van der Waals surface area contributed by atoms with Gasteiger partial charge in [0.15, 0.2) is 5.71 Å². The van der Waals surface area contributed by atoms with E-state index in [0.29, 0.717) is 44.3 Å². The molecule has 0 aromatic heterocycles. The number of benzene rings is 6. The van der Waals surface area contributed by atoms with Crippen LogP contribution in [0.3, 0.4) is 0 Å². The van der Waals surface area contributed by atoms with E-state index in [-0.39, 0.29) is 65.7 Å². The summed E-state index contributed by atoms with van der Waals surface area (Å²) in [5.74, 6) is 5.82. The molecule has 0 radical (unpaired) electrons. The average Bonchev–Trinajstić information content (AvgIpc) is 3.96. The third-order valence-corrected chi connectivity index (χ3v) is 16.1. The summed E-state index contributed by atoms with van der Waals surface area (Å²) >= 11 is 0. The summed E-state index contributed by atoms with van der Waals surface area (Å²) < 4.78 is 98.3. The quantitative estimate of drug-likeness (QED) is 0.0293. The standard InChI is InChI=1S/C59H60N4O8S2.Na.O3S/c1-58(2)52(62(37-14-15-38-72(66,67)68)50-32-28-42-18-9-11-21-47(42)56(50)58)23-16-24-53-59(3,4)57-48-31-30-46(73(69,70)71)39-44(48)29-33-51(57)61(53)36-13-5-6-25-54(64)60-35-34-55(65)63-40-45-20-8-7-17-41(45)26-27-43-19-10-12-22-49(43)63;;1-4(2)3/h7-8,10-12,16-24,28-33,39H,5-6,13-15,25,34-38,40H2,1-4H3,(H,60,64)(H,66,67,68)(H,69,70,71);;/q;+1;/p-2. The summed E-state index contributed by atoms with van der Waals surface area (Å²) in [7, 11) is -12.1. The first kappa shape index (κ1) is 59.4. The Morgan fingerprint density at radius 2 is 1.46 bits per heavy atom.